The van der Waals surface area contributed by atoms with Crippen LogP contribution >= 0.6 is 35.0 Å². The Morgan fingerprint density at radius 1 is 1.08 bits per heavy atom. The number of methoxy groups -OCH3 is 1. The summed E-state index contributed by atoms with van der Waals surface area (Å²) in [4.78, 5) is 4.49. The summed E-state index contributed by atoms with van der Waals surface area (Å²) in [5.41, 5.74) is 1.97. The zero-order valence-electron chi connectivity index (χ0n) is 20.0. The van der Waals surface area contributed by atoms with Gasteiger partial charge in [-0.05, 0) is 54.1 Å². The molecule has 1 aromatic heterocycles. The van der Waals surface area contributed by atoms with Crippen molar-refractivity contribution in [1.82, 2.24) is 9.55 Å². The van der Waals surface area contributed by atoms with Crippen LogP contribution in [0.1, 0.15) is 30.7 Å². The number of hydrogen-bond donors (Lipinski definition) is 1. The van der Waals surface area contributed by atoms with Crippen LogP contribution in [-0.2, 0) is 22.2 Å². The van der Waals surface area contributed by atoms with E-state index >= 15 is 0 Å². The summed E-state index contributed by atoms with van der Waals surface area (Å²) in [6.07, 6.45) is 1.72. The van der Waals surface area contributed by atoms with Crippen LogP contribution in [0, 0.1) is 11.6 Å². The molecule has 5 nitrogen and oxygen atoms in total. The molecule has 4 aromatic rings. The third kappa shape index (κ3) is 5.71. The molecule has 0 saturated heterocycles. The number of hydrogen-bond acceptors (Lipinski definition) is 4. The lowest BCUT2D eigenvalue weighted by atomic mass is 9.81. The van der Waals surface area contributed by atoms with Gasteiger partial charge in [-0.3, -0.25) is 4.57 Å². The molecule has 0 fully saturated rings. The average Bonchev–Trinajstić information content (AvgIpc) is 3.28. The van der Waals surface area contributed by atoms with Crippen LogP contribution in [0.3, 0.4) is 0 Å². The van der Waals surface area contributed by atoms with Gasteiger partial charge in [0.2, 0.25) is 0 Å². The third-order valence-corrected chi connectivity index (χ3v) is 8.26. The Hall–Kier alpha value is -2.43. The maximum absolute atomic E-state index is 14.7. The highest BCUT2D eigenvalue weighted by Gasteiger charge is 2.30. The van der Waals surface area contributed by atoms with E-state index in [1.165, 1.54) is 30.0 Å². The summed E-state index contributed by atoms with van der Waals surface area (Å²) in [5, 5.41) is 1.06. The van der Waals surface area contributed by atoms with Gasteiger partial charge in [-0.1, -0.05) is 54.9 Å². The molecule has 1 unspecified atom stereocenters. The Balaban J connectivity index is 1.78. The SMILES string of the molecule is COc1cc(C(C)(C)c2cnc(SCc3c(F)cc(S(=O)O)cc3Cl)n2-c2ccc(F)cc2)ccc1Cl. The van der Waals surface area contributed by atoms with Crippen LogP contribution in [0.4, 0.5) is 8.78 Å². The fourth-order valence-corrected chi connectivity index (χ4v) is 5.93. The van der Waals surface area contributed by atoms with Gasteiger partial charge in [0.15, 0.2) is 16.2 Å². The molecule has 194 valence electrons. The third-order valence-electron chi connectivity index (χ3n) is 5.99. The van der Waals surface area contributed by atoms with Gasteiger partial charge in [0, 0.05) is 27.4 Å². The van der Waals surface area contributed by atoms with Crippen molar-refractivity contribution in [2.45, 2.75) is 35.1 Å². The van der Waals surface area contributed by atoms with Crippen molar-refractivity contribution in [3.63, 3.8) is 0 Å². The first-order valence-electron chi connectivity index (χ1n) is 10.9. The Bertz CT molecular complexity index is 1450. The number of nitrogens with zero attached hydrogens (tertiary/aromatic N) is 2. The fraction of sp³-hybridized carbons (Fsp3) is 0.192. The van der Waals surface area contributed by atoms with Crippen LogP contribution in [0.2, 0.25) is 10.0 Å². The van der Waals surface area contributed by atoms with Crippen LogP contribution in [0.5, 0.6) is 5.75 Å². The standard InChI is InChI=1S/C26H22Cl2F2N2O3S2/c1-26(2,15-4-9-20(27)23(10-15)35-3)24-13-31-25(32(24)17-7-5-16(29)6-8-17)36-14-19-21(28)11-18(37(33)34)12-22(19)30/h4-13H,14H2,1-3H3,(H,33,34). The highest BCUT2D eigenvalue weighted by Crippen LogP contribution is 2.39. The van der Waals surface area contributed by atoms with E-state index in [1.807, 2.05) is 30.5 Å². The monoisotopic (exact) mass is 582 g/mol. The number of aromatic nitrogens is 2. The first-order valence-corrected chi connectivity index (χ1v) is 13.8. The Morgan fingerprint density at radius 2 is 1.78 bits per heavy atom. The maximum atomic E-state index is 14.7. The molecule has 1 N–H and O–H groups in total. The molecule has 0 bridgehead atoms. The lowest BCUT2D eigenvalue weighted by Crippen LogP contribution is -2.23. The molecule has 0 aliphatic heterocycles. The summed E-state index contributed by atoms with van der Waals surface area (Å²) in [7, 11) is 1.55. The van der Waals surface area contributed by atoms with Gasteiger partial charge in [-0.25, -0.2) is 18.0 Å². The van der Waals surface area contributed by atoms with E-state index in [0.29, 0.717) is 21.6 Å². The second kappa shape index (κ2) is 11.1. The molecule has 3 aromatic carbocycles. The summed E-state index contributed by atoms with van der Waals surface area (Å²) in [6.45, 7) is 4.04. The molecule has 1 atom stereocenters. The predicted octanol–water partition coefficient (Wildman–Crippen LogP) is 7.66. The molecule has 4 rings (SSSR count). The van der Waals surface area contributed by atoms with Gasteiger partial charge in [0.05, 0.1) is 28.9 Å². The molecule has 0 aliphatic rings. The van der Waals surface area contributed by atoms with Crippen LogP contribution in [0.15, 0.2) is 70.8 Å². The normalized spacial score (nSPS) is 12.5. The minimum absolute atomic E-state index is 0.0404. The minimum Gasteiger partial charge on any atom is -0.495 e. The molecule has 0 radical (unpaired) electrons. The number of ether oxygens (including phenoxy) is 1. The van der Waals surface area contributed by atoms with E-state index in [9.17, 15) is 17.5 Å². The molecule has 0 aliphatic carbocycles. The molecule has 1 heterocycles. The number of rotatable bonds is 8. The smallest absolute Gasteiger partial charge is 0.186 e. The van der Waals surface area contributed by atoms with Crippen molar-refractivity contribution in [2.75, 3.05) is 7.11 Å². The number of benzene rings is 3. The van der Waals surface area contributed by atoms with Gasteiger partial charge < -0.3 is 9.29 Å². The summed E-state index contributed by atoms with van der Waals surface area (Å²) >= 11 is 11.3. The van der Waals surface area contributed by atoms with Crippen molar-refractivity contribution in [1.29, 1.82) is 0 Å². The van der Waals surface area contributed by atoms with E-state index in [1.54, 1.807) is 31.5 Å². The topological polar surface area (TPSA) is 64.3 Å². The zero-order valence-corrected chi connectivity index (χ0v) is 23.1. The first kappa shape index (κ1) is 27.6. The average molecular weight is 584 g/mol. The fourth-order valence-electron chi connectivity index (χ4n) is 3.87. The molecular weight excluding hydrogens is 561 g/mol. The van der Waals surface area contributed by atoms with Crippen LogP contribution < -0.4 is 4.74 Å². The Labute approximate surface area is 230 Å². The minimum atomic E-state index is -2.35. The Morgan fingerprint density at radius 3 is 2.41 bits per heavy atom. The lowest BCUT2D eigenvalue weighted by Gasteiger charge is -2.28. The van der Waals surface area contributed by atoms with Crippen molar-refractivity contribution < 1.29 is 22.3 Å². The second-order valence-corrected chi connectivity index (χ2v) is 11.3. The molecule has 11 heteroatoms. The molecule has 0 amide bonds. The van der Waals surface area contributed by atoms with Crippen LogP contribution in [0.25, 0.3) is 5.69 Å². The van der Waals surface area contributed by atoms with Crippen molar-refractivity contribution >= 4 is 46.0 Å². The van der Waals surface area contributed by atoms with Gasteiger partial charge in [0.25, 0.3) is 0 Å². The van der Waals surface area contributed by atoms with Crippen LogP contribution in [-0.4, -0.2) is 25.4 Å². The van der Waals surface area contributed by atoms with E-state index in [2.05, 4.69) is 4.98 Å². The van der Waals surface area contributed by atoms with E-state index < -0.39 is 22.3 Å². The van der Waals surface area contributed by atoms with Crippen molar-refractivity contribution in [3.05, 3.63) is 99.3 Å². The maximum Gasteiger partial charge on any atom is 0.186 e. The highest BCUT2D eigenvalue weighted by atomic mass is 35.5. The number of thioether (sulfide) groups is 1. The zero-order chi connectivity index (χ0) is 26.9. The predicted molar refractivity (Wildman–Crippen MR) is 144 cm³/mol. The Kier molecular flexibility index (Phi) is 8.30. The van der Waals surface area contributed by atoms with Crippen molar-refractivity contribution in [3.8, 4) is 11.4 Å². The van der Waals surface area contributed by atoms with Gasteiger partial charge >= 0.3 is 0 Å². The number of imidazole rings is 1. The van der Waals surface area contributed by atoms with E-state index in [0.717, 1.165) is 17.3 Å². The molecule has 0 spiro atoms. The second-order valence-electron chi connectivity index (χ2n) is 8.62. The molecule has 0 saturated carbocycles. The highest BCUT2D eigenvalue weighted by molar-refractivity contribution is 7.98. The van der Waals surface area contributed by atoms with Gasteiger partial charge in [-0.15, -0.1) is 0 Å². The van der Waals surface area contributed by atoms with E-state index in [4.69, 9.17) is 27.9 Å². The molecule has 37 heavy (non-hydrogen) atoms. The largest absolute Gasteiger partial charge is 0.495 e. The summed E-state index contributed by atoms with van der Waals surface area (Å²) in [6, 6.07) is 13.8. The van der Waals surface area contributed by atoms with Gasteiger partial charge in [-0.2, -0.15) is 0 Å². The first-order chi connectivity index (χ1) is 17.5. The van der Waals surface area contributed by atoms with E-state index in [-0.39, 0.29) is 27.1 Å². The van der Waals surface area contributed by atoms with Gasteiger partial charge in [0.1, 0.15) is 17.4 Å². The van der Waals surface area contributed by atoms with Crippen molar-refractivity contribution in [2.24, 2.45) is 0 Å². The quantitative estimate of drug-likeness (QED) is 0.170. The summed E-state index contributed by atoms with van der Waals surface area (Å²) < 4.78 is 56.3. The molecular formula is C26H22Cl2F2N2O3S2. The summed E-state index contributed by atoms with van der Waals surface area (Å²) in [5.74, 6) is -0.426. The lowest BCUT2D eigenvalue weighted by molar-refractivity contribution is 0.413. The number of halogens is 4.